The smallest absolute Gasteiger partial charge is 0.347 e. The van der Waals surface area contributed by atoms with Gasteiger partial charge in [0.1, 0.15) is 17.0 Å². The van der Waals surface area contributed by atoms with Gasteiger partial charge in [-0.1, -0.05) is 11.6 Å². The van der Waals surface area contributed by atoms with Gasteiger partial charge in [-0.3, -0.25) is 4.98 Å². The van der Waals surface area contributed by atoms with Gasteiger partial charge in [-0.05, 0) is 31.2 Å². The van der Waals surface area contributed by atoms with Crippen molar-refractivity contribution in [3.63, 3.8) is 0 Å². The first-order valence-corrected chi connectivity index (χ1v) is 6.55. The minimum Gasteiger partial charge on any atom is -0.422 e. The number of imidazole rings is 1. The summed E-state index contributed by atoms with van der Waals surface area (Å²) < 4.78 is 5.37. The highest BCUT2D eigenvalue weighted by atomic mass is 16.4. The monoisotopic (exact) mass is 277 g/mol. The Labute approximate surface area is 119 Å². The maximum absolute atomic E-state index is 12.2. The maximum atomic E-state index is 12.2. The molecule has 0 saturated carbocycles. The Morgan fingerprint density at radius 1 is 1.19 bits per heavy atom. The van der Waals surface area contributed by atoms with Gasteiger partial charge in [0.05, 0.1) is 17.2 Å². The van der Waals surface area contributed by atoms with E-state index >= 15 is 0 Å². The highest BCUT2D eigenvalue weighted by Crippen LogP contribution is 2.22. The van der Waals surface area contributed by atoms with E-state index in [1.165, 1.54) is 0 Å². The molecule has 0 spiro atoms. The Bertz CT molecular complexity index is 997. The number of fused-ring (bicyclic) bond motifs is 2. The quantitative estimate of drug-likeness (QED) is 0.543. The number of nitrogens with zero attached hydrogens (tertiary/aromatic N) is 2. The van der Waals surface area contributed by atoms with Crippen LogP contribution in [0.4, 0.5) is 0 Å². The number of nitrogens with one attached hydrogen (secondary N) is 1. The molecular weight excluding hydrogens is 266 g/mol. The highest BCUT2D eigenvalue weighted by Gasteiger charge is 2.12. The summed E-state index contributed by atoms with van der Waals surface area (Å²) >= 11 is 0. The minimum atomic E-state index is -0.404. The van der Waals surface area contributed by atoms with E-state index in [0.717, 1.165) is 22.0 Å². The molecule has 102 valence electrons. The Morgan fingerprint density at radius 3 is 2.95 bits per heavy atom. The fourth-order valence-corrected chi connectivity index (χ4v) is 2.39. The number of benzene rings is 1. The second-order valence-corrected chi connectivity index (χ2v) is 4.97. The van der Waals surface area contributed by atoms with E-state index < -0.39 is 5.63 Å². The lowest BCUT2D eigenvalue weighted by Crippen LogP contribution is -2.03. The highest BCUT2D eigenvalue weighted by molar-refractivity contribution is 5.83. The van der Waals surface area contributed by atoms with Gasteiger partial charge in [-0.15, -0.1) is 0 Å². The third-order valence-corrected chi connectivity index (χ3v) is 3.43. The Morgan fingerprint density at radius 2 is 2.10 bits per heavy atom. The van der Waals surface area contributed by atoms with Crippen LogP contribution in [0.5, 0.6) is 0 Å². The van der Waals surface area contributed by atoms with Crippen LogP contribution in [0.2, 0.25) is 0 Å². The zero-order valence-electron chi connectivity index (χ0n) is 11.3. The van der Waals surface area contributed by atoms with E-state index in [-0.39, 0.29) is 0 Å². The fraction of sp³-hybridized carbons (Fsp3) is 0.0625. The van der Waals surface area contributed by atoms with Crippen LogP contribution in [-0.2, 0) is 0 Å². The number of aryl methyl sites for hydroxylation is 1. The number of aromatic nitrogens is 3. The Balaban J connectivity index is 2.00. The maximum Gasteiger partial charge on any atom is 0.347 e. The number of hydrogen-bond donors (Lipinski definition) is 1. The standard InChI is InChI=1S/C16H11N3O2/c1-9-2-3-14-10(6-9)7-11(16(20)21-14)15-18-12-4-5-17-8-13(12)19-15/h2-8H,1H3,(H,18,19). The van der Waals surface area contributed by atoms with Crippen molar-refractivity contribution < 1.29 is 4.42 Å². The largest absolute Gasteiger partial charge is 0.422 e. The lowest BCUT2D eigenvalue weighted by molar-refractivity contribution is 0.563. The van der Waals surface area contributed by atoms with E-state index in [4.69, 9.17) is 4.42 Å². The van der Waals surface area contributed by atoms with Gasteiger partial charge in [0.25, 0.3) is 0 Å². The molecule has 0 amide bonds. The molecule has 5 nitrogen and oxygen atoms in total. The van der Waals surface area contributed by atoms with Crippen molar-refractivity contribution >= 4 is 22.0 Å². The zero-order chi connectivity index (χ0) is 14.4. The molecule has 0 saturated heterocycles. The molecule has 0 atom stereocenters. The topological polar surface area (TPSA) is 71.8 Å². The van der Waals surface area contributed by atoms with Crippen LogP contribution in [-0.4, -0.2) is 15.0 Å². The number of pyridine rings is 1. The first kappa shape index (κ1) is 11.8. The van der Waals surface area contributed by atoms with Crippen LogP contribution in [0.15, 0.2) is 51.9 Å². The normalized spacial score (nSPS) is 11.3. The molecule has 0 unspecified atom stereocenters. The van der Waals surface area contributed by atoms with E-state index in [1.807, 2.05) is 19.1 Å². The number of aromatic amines is 1. The van der Waals surface area contributed by atoms with Gasteiger partial charge < -0.3 is 9.40 Å². The molecule has 5 heteroatoms. The summed E-state index contributed by atoms with van der Waals surface area (Å²) in [5.41, 5.74) is 3.26. The van der Waals surface area contributed by atoms with Crippen molar-refractivity contribution in [1.29, 1.82) is 0 Å². The molecule has 0 fully saturated rings. The molecule has 3 aromatic heterocycles. The van der Waals surface area contributed by atoms with Gasteiger partial charge in [0.2, 0.25) is 0 Å². The van der Waals surface area contributed by atoms with E-state index in [2.05, 4.69) is 15.0 Å². The van der Waals surface area contributed by atoms with Gasteiger partial charge in [-0.25, -0.2) is 9.78 Å². The van der Waals surface area contributed by atoms with E-state index in [1.54, 1.807) is 30.6 Å². The van der Waals surface area contributed by atoms with Crippen LogP contribution in [0.1, 0.15) is 5.56 Å². The third-order valence-electron chi connectivity index (χ3n) is 3.43. The molecule has 0 radical (unpaired) electrons. The predicted octanol–water partition coefficient (Wildman–Crippen LogP) is 3.04. The zero-order valence-corrected chi connectivity index (χ0v) is 11.3. The Hall–Kier alpha value is -2.95. The summed E-state index contributed by atoms with van der Waals surface area (Å²) in [7, 11) is 0. The second-order valence-electron chi connectivity index (χ2n) is 4.97. The van der Waals surface area contributed by atoms with Gasteiger partial charge in [0, 0.05) is 11.6 Å². The summed E-state index contributed by atoms with van der Waals surface area (Å²) in [5, 5.41) is 0.878. The van der Waals surface area contributed by atoms with Crippen molar-refractivity contribution in [2.75, 3.05) is 0 Å². The molecule has 1 aromatic carbocycles. The summed E-state index contributed by atoms with van der Waals surface area (Å²) in [5.74, 6) is 0.496. The van der Waals surface area contributed by atoms with Crippen molar-refractivity contribution in [2.24, 2.45) is 0 Å². The first-order valence-electron chi connectivity index (χ1n) is 6.55. The number of H-pyrrole nitrogens is 1. The van der Waals surface area contributed by atoms with Gasteiger partial charge in [-0.2, -0.15) is 0 Å². The molecule has 0 aliphatic carbocycles. The van der Waals surface area contributed by atoms with Crippen LogP contribution in [0, 0.1) is 6.92 Å². The average molecular weight is 277 g/mol. The third kappa shape index (κ3) is 1.90. The molecule has 3 heterocycles. The summed E-state index contributed by atoms with van der Waals surface area (Å²) in [6, 6.07) is 9.30. The summed E-state index contributed by atoms with van der Waals surface area (Å²) in [4.78, 5) is 23.7. The molecular formula is C16H11N3O2. The summed E-state index contributed by atoms with van der Waals surface area (Å²) in [6.45, 7) is 2.00. The fourth-order valence-electron chi connectivity index (χ4n) is 2.39. The second kappa shape index (κ2) is 4.28. The van der Waals surface area contributed by atoms with Crippen LogP contribution < -0.4 is 5.63 Å². The van der Waals surface area contributed by atoms with E-state index in [9.17, 15) is 4.79 Å². The molecule has 0 bridgehead atoms. The van der Waals surface area contributed by atoms with Crippen LogP contribution in [0.25, 0.3) is 33.4 Å². The number of rotatable bonds is 1. The predicted molar refractivity (Wildman–Crippen MR) is 80.1 cm³/mol. The minimum absolute atomic E-state index is 0.404. The van der Waals surface area contributed by atoms with Gasteiger partial charge >= 0.3 is 5.63 Å². The first-order chi connectivity index (χ1) is 10.2. The number of hydrogen-bond acceptors (Lipinski definition) is 4. The van der Waals surface area contributed by atoms with Crippen LogP contribution >= 0.6 is 0 Å². The van der Waals surface area contributed by atoms with E-state index in [0.29, 0.717) is 17.0 Å². The van der Waals surface area contributed by atoms with Crippen molar-refractivity contribution in [3.8, 4) is 11.4 Å². The molecule has 21 heavy (non-hydrogen) atoms. The molecule has 1 N–H and O–H groups in total. The molecule has 4 rings (SSSR count). The van der Waals surface area contributed by atoms with Crippen LogP contribution in [0.3, 0.4) is 0 Å². The molecule has 4 aromatic rings. The van der Waals surface area contributed by atoms with Gasteiger partial charge in [0.15, 0.2) is 0 Å². The lowest BCUT2D eigenvalue weighted by atomic mass is 10.1. The Kier molecular flexibility index (Phi) is 2.41. The summed E-state index contributed by atoms with van der Waals surface area (Å²) in [6.07, 6.45) is 3.35. The molecule has 0 aliphatic heterocycles. The average Bonchev–Trinajstić information content (AvgIpc) is 2.90. The van der Waals surface area contributed by atoms with Crippen molar-refractivity contribution in [2.45, 2.75) is 6.92 Å². The lowest BCUT2D eigenvalue weighted by Gasteiger charge is -2.00. The molecule has 0 aliphatic rings. The SMILES string of the molecule is Cc1ccc2oc(=O)c(-c3nc4ccncc4[nH]3)cc2c1. The van der Waals surface area contributed by atoms with Crippen molar-refractivity contribution in [1.82, 2.24) is 15.0 Å². The van der Waals surface area contributed by atoms with Crippen molar-refractivity contribution in [3.05, 3.63) is 58.7 Å².